The van der Waals surface area contributed by atoms with Gasteiger partial charge in [-0.2, -0.15) is 0 Å². The highest BCUT2D eigenvalue weighted by Gasteiger charge is 2.28. The molecule has 0 radical (unpaired) electrons. The van der Waals surface area contributed by atoms with Crippen LogP contribution in [-0.4, -0.2) is 37.7 Å². The smallest absolute Gasteiger partial charge is 0.262 e. The molecule has 2 amide bonds. The minimum absolute atomic E-state index is 0.0183. The molecular weight excluding hydrogens is 364 g/mol. The molecule has 1 aromatic carbocycles. The number of amides is 2. The van der Waals surface area contributed by atoms with Gasteiger partial charge in [0.25, 0.3) is 11.8 Å². The molecule has 124 valence electrons. The molecule has 3 rings (SSSR count). The van der Waals surface area contributed by atoms with Crippen molar-refractivity contribution in [1.82, 2.24) is 5.32 Å². The topological polar surface area (TPSA) is 76.7 Å². The molecule has 1 saturated carbocycles. The van der Waals surface area contributed by atoms with Crippen LogP contribution in [0.3, 0.4) is 0 Å². The fraction of sp³-hybridized carbons (Fsp3) is 0.500. The van der Waals surface area contributed by atoms with Crippen molar-refractivity contribution in [3.63, 3.8) is 0 Å². The normalized spacial score (nSPS) is 23.5. The van der Waals surface area contributed by atoms with Crippen LogP contribution in [0.5, 0.6) is 5.75 Å². The van der Waals surface area contributed by atoms with Gasteiger partial charge in [0.15, 0.2) is 6.61 Å². The lowest BCUT2D eigenvalue weighted by Crippen LogP contribution is -2.46. The third-order valence-electron chi connectivity index (χ3n) is 4.27. The van der Waals surface area contributed by atoms with Crippen LogP contribution < -0.4 is 15.4 Å². The van der Waals surface area contributed by atoms with Crippen LogP contribution in [-0.2, 0) is 9.53 Å². The Balaban J connectivity index is 1.78. The van der Waals surface area contributed by atoms with Crippen molar-refractivity contribution in [2.75, 3.05) is 19.0 Å². The second-order valence-corrected chi connectivity index (χ2v) is 6.66. The van der Waals surface area contributed by atoms with Gasteiger partial charge < -0.3 is 20.1 Å². The minimum Gasteiger partial charge on any atom is -0.482 e. The van der Waals surface area contributed by atoms with Crippen LogP contribution in [0.15, 0.2) is 16.6 Å². The van der Waals surface area contributed by atoms with E-state index in [0.717, 1.165) is 25.7 Å². The molecule has 23 heavy (non-hydrogen) atoms. The molecule has 1 aromatic rings. The third-order valence-corrected chi connectivity index (χ3v) is 4.92. The van der Waals surface area contributed by atoms with E-state index in [9.17, 15) is 9.59 Å². The molecule has 0 bridgehead atoms. The number of benzene rings is 1. The van der Waals surface area contributed by atoms with E-state index in [2.05, 4.69) is 26.6 Å². The van der Waals surface area contributed by atoms with E-state index in [1.54, 1.807) is 19.2 Å². The number of methoxy groups -OCH3 is 1. The van der Waals surface area contributed by atoms with Crippen LogP contribution >= 0.6 is 15.9 Å². The highest BCUT2D eigenvalue weighted by atomic mass is 79.9. The summed E-state index contributed by atoms with van der Waals surface area (Å²) in [5, 5.41) is 5.77. The van der Waals surface area contributed by atoms with E-state index >= 15 is 0 Å². The lowest BCUT2D eigenvalue weighted by molar-refractivity contribution is -0.118. The lowest BCUT2D eigenvalue weighted by Gasteiger charge is -2.31. The van der Waals surface area contributed by atoms with E-state index in [4.69, 9.17) is 9.47 Å². The minimum atomic E-state index is -0.202. The second-order valence-electron chi connectivity index (χ2n) is 5.80. The van der Waals surface area contributed by atoms with Crippen LogP contribution in [0.25, 0.3) is 0 Å². The Morgan fingerprint density at radius 3 is 2.96 bits per heavy atom. The summed E-state index contributed by atoms with van der Waals surface area (Å²) in [6.45, 7) is -0.0376. The van der Waals surface area contributed by atoms with Crippen LogP contribution in [0.4, 0.5) is 5.69 Å². The quantitative estimate of drug-likeness (QED) is 0.841. The first-order valence-corrected chi connectivity index (χ1v) is 8.47. The molecule has 2 aliphatic rings. The van der Waals surface area contributed by atoms with E-state index in [1.165, 1.54) is 0 Å². The van der Waals surface area contributed by atoms with Crippen LogP contribution in [0.2, 0.25) is 0 Å². The van der Waals surface area contributed by atoms with Crippen molar-refractivity contribution in [2.45, 2.75) is 37.8 Å². The van der Waals surface area contributed by atoms with Gasteiger partial charge in [-0.3, -0.25) is 9.59 Å². The molecule has 2 atom stereocenters. The predicted molar refractivity (Wildman–Crippen MR) is 88.8 cm³/mol. The largest absolute Gasteiger partial charge is 0.482 e. The summed E-state index contributed by atoms with van der Waals surface area (Å²) >= 11 is 3.39. The summed E-state index contributed by atoms with van der Waals surface area (Å²) in [7, 11) is 1.68. The van der Waals surface area contributed by atoms with Crippen molar-refractivity contribution in [1.29, 1.82) is 0 Å². The maximum Gasteiger partial charge on any atom is 0.262 e. The van der Waals surface area contributed by atoms with Crippen molar-refractivity contribution in [3.8, 4) is 5.75 Å². The number of carbonyl (C=O) groups excluding carboxylic acids is 2. The predicted octanol–water partition coefficient (Wildman–Crippen LogP) is 2.47. The standard InChI is InChI=1S/C16H19BrN2O4/c1-22-13-5-3-2-4-11(13)19-16(21)9-6-14-12(7-10(9)17)18-15(20)8-23-14/h6-7,11,13H,2-5,8H2,1H3,(H,18,20)(H,19,21)/t11-,13-/m0/s1. The van der Waals surface area contributed by atoms with E-state index in [1.807, 2.05) is 0 Å². The number of nitrogens with one attached hydrogen (secondary N) is 2. The fourth-order valence-electron chi connectivity index (χ4n) is 3.06. The first-order valence-electron chi connectivity index (χ1n) is 7.68. The summed E-state index contributed by atoms with van der Waals surface area (Å²) in [6, 6.07) is 3.36. The Labute approximate surface area is 143 Å². The van der Waals surface area contributed by atoms with Gasteiger partial charge in [0, 0.05) is 11.6 Å². The van der Waals surface area contributed by atoms with Gasteiger partial charge in [-0.25, -0.2) is 0 Å². The zero-order valence-corrected chi connectivity index (χ0v) is 14.4. The number of carbonyl (C=O) groups is 2. The number of ether oxygens (including phenoxy) is 2. The first-order chi connectivity index (χ1) is 11.1. The molecule has 1 aliphatic heterocycles. The number of fused-ring (bicyclic) bond motifs is 1. The van der Waals surface area contributed by atoms with Crippen LogP contribution in [0, 0.1) is 0 Å². The maximum absolute atomic E-state index is 12.6. The second kappa shape index (κ2) is 6.88. The van der Waals surface area contributed by atoms with Crippen molar-refractivity contribution >= 4 is 33.4 Å². The molecule has 0 spiro atoms. The molecule has 0 aromatic heterocycles. The Morgan fingerprint density at radius 1 is 1.39 bits per heavy atom. The van der Waals surface area contributed by atoms with E-state index in [-0.39, 0.29) is 30.6 Å². The number of hydrogen-bond acceptors (Lipinski definition) is 4. The SMILES string of the molecule is CO[C@H]1CCCC[C@@H]1NC(=O)c1cc2c(cc1Br)NC(=O)CO2. The monoisotopic (exact) mass is 382 g/mol. The zero-order chi connectivity index (χ0) is 16.4. The van der Waals surface area contributed by atoms with Crippen LogP contribution in [0.1, 0.15) is 36.0 Å². The molecular formula is C16H19BrN2O4. The van der Waals surface area contributed by atoms with E-state index < -0.39 is 0 Å². The van der Waals surface area contributed by atoms with Gasteiger partial charge in [-0.05, 0) is 40.9 Å². The molecule has 1 aliphatic carbocycles. The number of halogens is 1. The Morgan fingerprint density at radius 2 is 2.17 bits per heavy atom. The fourth-order valence-corrected chi connectivity index (χ4v) is 3.59. The summed E-state index contributed by atoms with van der Waals surface area (Å²) in [5.41, 5.74) is 1.05. The molecule has 6 nitrogen and oxygen atoms in total. The summed E-state index contributed by atoms with van der Waals surface area (Å²) < 4.78 is 11.5. The van der Waals surface area contributed by atoms with Gasteiger partial charge >= 0.3 is 0 Å². The Bertz CT molecular complexity index is 635. The zero-order valence-electron chi connectivity index (χ0n) is 12.9. The first kappa shape index (κ1) is 16.3. The number of anilines is 1. The van der Waals surface area contributed by atoms with Gasteiger partial charge in [0.05, 0.1) is 23.4 Å². The van der Waals surface area contributed by atoms with Crippen molar-refractivity contribution in [2.24, 2.45) is 0 Å². The van der Waals surface area contributed by atoms with E-state index in [0.29, 0.717) is 21.5 Å². The highest BCUT2D eigenvalue weighted by Crippen LogP contribution is 2.34. The summed E-state index contributed by atoms with van der Waals surface area (Å²) in [6.07, 6.45) is 4.15. The Kier molecular flexibility index (Phi) is 4.87. The molecule has 0 saturated heterocycles. The Hall–Kier alpha value is -1.60. The van der Waals surface area contributed by atoms with Crippen molar-refractivity contribution in [3.05, 3.63) is 22.2 Å². The van der Waals surface area contributed by atoms with Gasteiger partial charge in [0.2, 0.25) is 0 Å². The molecule has 1 fully saturated rings. The van der Waals surface area contributed by atoms with Gasteiger partial charge in [-0.15, -0.1) is 0 Å². The molecule has 2 N–H and O–H groups in total. The summed E-state index contributed by atoms with van der Waals surface area (Å²) in [5.74, 6) is 0.130. The number of rotatable bonds is 3. The maximum atomic E-state index is 12.6. The average molecular weight is 383 g/mol. The molecule has 7 heteroatoms. The third kappa shape index (κ3) is 3.50. The number of hydrogen-bond donors (Lipinski definition) is 2. The average Bonchev–Trinajstić information content (AvgIpc) is 2.54. The van der Waals surface area contributed by atoms with Crippen molar-refractivity contribution < 1.29 is 19.1 Å². The molecule has 0 unspecified atom stereocenters. The molecule has 1 heterocycles. The van der Waals surface area contributed by atoms with Gasteiger partial charge in [-0.1, -0.05) is 12.8 Å². The van der Waals surface area contributed by atoms with Gasteiger partial charge in [0.1, 0.15) is 5.75 Å². The lowest BCUT2D eigenvalue weighted by atomic mass is 9.92. The summed E-state index contributed by atoms with van der Waals surface area (Å²) in [4.78, 5) is 23.9. The highest BCUT2D eigenvalue weighted by molar-refractivity contribution is 9.10.